The van der Waals surface area contributed by atoms with Crippen LogP contribution in [0.3, 0.4) is 0 Å². The topological polar surface area (TPSA) is 99.1 Å². The monoisotopic (exact) mass is 246 g/mol. The van der Waals surface area contributed by atoms with Crippen LogP contribution in [0, 0.1) is 0 Å². The van der Waals surface area contributed by atoms with Crippen LogP contribution in [0.2, 0.25) is 0 Å². The number of carboxylic acid groups (broad SMARTS) is 1. The van der Waals surface area contributed by atoms with Gasteiger partial charge in [-0.1, -0.05) is 0 Å². The number of carboxylic acids is 1. The van der Waals surface area contributed by atoms with E-state index in [1.54, 1.807) is 0 Å². The molecule has 0 aromatic heterocycles. The number of aliphatic carboxylic acids is 1. The molecule has 1 aliphatic heterocycles. The molecule has 0 saturated carbocycles. The number of morpholine rings is 1. The van der Waals surface area contributed by atoms with Gasteiger partial charge in [0.1, 0.15) is 0 Å². The third kappa shape index (κ3) is 3.31. The standard InChI is InChI=1S/C10H18N2O5/c1-10(2)6-17-4-3-12(10)9(16)11-7(5-13)8(14)15/h7,13H,3-6H2,1-2H3,(H,11,16)(H,14,15). The van der Waals surface area contributed by atoms with Crippen molar-refractivity contribution in [3.63, 3.8) is 0 Å². The molecule has 0 spiro atoms. The van der Waals surface area contributed by atoms with Gasteiger partial charge in [0.25, 0.3) is 0 Å². The number of aliphatic hydroxyl groups is 1. The molecular weight excluding hydrogens is 228 g/mol. The number of hydrogen-bond donors (Lipinski definition) is 3. The predicted molar refractivity (Wildman–Crippen MR) is 58.6 cm³/mol. The summed E-state index contributed by atoms with van der Waals surface area (Å²) in [6, 6.07) is -1.78. The summed E-state index contributed by atoms with van der Waals surface area (Å²) in [5, 5.41) is 19.8. The second-order valence-corrected chi connectivity index (χ2v) is 4.54. The van der Waals surface area contributed by atoms with Gasteiger partial charge >= 0.3 is 12.0 Å². The van der Waals surface area contributed by atoms with Crippen molar-refractivity contribution in [2.24, 2.45) is 0 Å². The molecule has 1 aliphatic rings. The highest BCUT2D eigenvalue weighted by molar-refractivity contribution is 5.83. The van der Waals surface area contributed by atoms with Gasteiger partial charge in [-0.15, -0.1) is 0 Å². The van der Waals surface area contributed by atoms with E-state index < -0.39 is 30.2 Å². The first-order chi connectivity index (χ1) is 7.88. The molecule has 0 aromatic carbocycles. The molecule has 0 bridgehead atoms. The van der Waals surface area contributed by atoms with E-state index >= 15 is 0 Å². The SMILES string of the molecule is CC1(C)COCCN1C(=O)NC(CO)C(=O)O. The van der Waals surface area contributed by atoms with Gasteiger partial charge in [0.05, 0.1) is 25.4 Å². The van der Waals surface area contributed by atoms with Gasteiger partial charge in [0, 0.05) is 6.54 Å². The minimum atomic E-state index is -1.28. The lowest BCUT2D eigenvalue weighted by atomic mass is 10.0. The van der Waals surface area contributed by atoms with Crippen molar-refractivity contribution in [3.05, 3.63) is 0 Å². The quantitative estimate of drug-likeness (QED) is 0.608. The average Bonchev–Trinajstić information content (AvgIpc) is 2.24. The Bertz CT molecular complexity index is 305. The second kappa shape index (κ2) is 5.33. The molecule has 1 atom stereocenters. The highest BCUT2D eigenvalue weighted by Crippen LogP contribution is 2.18. The lowest BCUT2D eigenvalue weighted by Crippen LogP contribution is -2.60. The van der Waals surface area contributed by atoms with E-state index in [9.17, 15) is 9.59 Å². The van der Waals surface area contributed by atoms with Crippen molar-refractivity contribution >= 4 is 12.0 Å². The molecule has 0 radical (unpaired) electrons. The largest absolute Gasteiger partial charge is 0.480 e. The second-order valence-electron chi connectivity index (χ2n) is 4.54. The number of rotatable bonds is 3. The number of nitrogens with one attached hydrogen (secondary N) is 1. The summed E-state index contributed by atoms with van der Waals surface area (Å²) in [6.07, 6.45) is 0. The minimum absolute atomic E-state index is 0.399. The Morgan fingerprint density at radius 2 is 2.18 bits per heavy atom. The van der Waals surface area contributed by atoms with E-state index in [1.807, 2.05) is 13.8 Å². The lowest BCUT2D eigenvalue weighted by Gasteiger charge is -2.42. The number of carbonyl (C=O) groups is 2. The minimum Gasteiger partial charge on any atom is -0.480 e. The molecule has 0 aromatic rings. The molecule has 0 aliphatic carbocycles. The number of urea groups is 1. The van der Waals surface area contributed by atoms with Gasteiger partial charge in [-0.3, -0.25) is 0 Å². The number of carbonyl (C=O) groups excluding carboxylic acids is 1. The number of nitrogens with zero attached hydrogens (tertiary/aromatic N) is 1. The van der Waals surface area contributed by atoms with Crippen LogP contribution in [0.5, 0.6) is 0 Å². The number of hydrogen-bond acceptors (Lipinski definition) is 4. The van der Waals surface area contributed by atoms with E-state index in [1.165, 1.54) is 4.90 Å². The first kappa shape index (κ1) is 13.7. The zero-order chi connectivity index (χ0) is 13.1. The van der Waals surface area contributed by atoms with Gasteiger partial charge in [-0.05, 0) is 13.8 Å². The Labute approximate surface area is 99.4 Å². The third-order valence-corrected chi connectivity index (χ3v) is 2.67. The van der Waals surface area contributed by atoms with Gasteiger partial charge in [0.15, 0.2) is 6.04 Å². The highest BCUT2D eigenvalue weighted by Gasteiger charge is 2.35. The van der Waals surface area contributed by atoms with Crippen molar-refractivity contribution in [1.29, 1.82) is 0 Å². The van der Waals surface area contributed by atoms with E-state index in [0.717, 1.165) is 0 Å². The van der Waals surface area contributed by atoms with Crippen molar-refractivity contribution < 1.29 is 24.5 Å². The van der Waals surface area contributed by atoms with Crippen molar-refractivity contribution in [2.45, 2.75) is 25.4 Å². The fraction of sp³-hybridized carbons (Fsp3) is 0.800. The molecule has 7 heteroatoms. The van der Waals surface area contributed by atoms with Gasteiger partial charge in [-0.25, -0.2) is 9.59 Å². The van der Waals surface area contributed by atoms with Crippen LogP contribution in [0.1, 0.15) is 13.8 Å². The number of aliphatic hydroxyl groups excluding tert-OH is 1. The Balaban J connectivity index is 2.65. The van der Waals surface area contributed by atoms with Crippen molar-refractivity contribution in [1.82, 2.24) is 10.2 Å². The molecule has 7 nitrogen and oxygen atoms in total. The molecule has 1 fully saturated rings. The third-order valence-electron chi connectivity index (χ3n) is 2.67. The van der Waals surface area contributed by atoms with Gasteiger partial charge in [-0.2, -0.15) is 0 Å². The first-order valence-corrected chi connectivity index (χ1v) is 5.38. The summed E-state index contributed by atoms with van der Waals surface area (Å²) in [5.41, 5.74) is -0.485. The molecule has 1 rings (SSSR count). The van der Waals surface area contributed by atoms with Crippen LogP contribution in [-0.2, 0) is 9.53 Å². The zero-order valence-electron chi connectivity index (χ0n) is 9.97. The van der Waals surface area contributed by atoms with E-state index in [0.29, 0.717) is 19.8 Å². The summed E-state index contributed by atoms with van der Waals surface area (Å²) in [4.78, 5) is 24.1. The summed E-state index contributed by atoms with van der Waals surface area (Å²) < 4.78 is 5.26. The van der Waals surface area contributed by atoms with E-state index in [4.69, 9.17) is 14.9 Å². The van der Waals surface area contributed by atoms with Crippen LogP contribution in [0.15, 0.2) is 0 Å². The average molecular weight is 246 g/mol. The van der Waals surface area contributed by atoms with Crippen LogP contribution < -0.4 is 5.32 Å². The highest BCUT2D eigenvalue weighted by atomic mass is 16.5. The van der Waals surface area contributed by atoms with Crippen molar-refractivity contribution in [2.75, 3.05) is 26.4 Å². The Morgan fingerprint density at radius 1 is 1.53 bits per heavy atom. The predicted octanol–water partition coefficient (Wildman–Crippen LogP) is -0.748. The molecular formula is C10H18N2O5. The zero-order valence-corrected chi connectivity index (χ0v) is 9.97. The fourth-order valence-electron chi connectivity index (χ4n) is 1.65. The Kier molecular flexibility index (Phi) is 4.30. The molecule has 3 N–H and O–H groups in total. The maximum absolute atomic E-state index is 11.9. The van der Waals surface area contributed by atoms with Crippen LogP contribution in [0.4, 0.5) is 4.79 Å². The van der Waals surface area contributed by atoms with Gasteiger partial charge < -0.3 is 25.2 Å². The summed E-state index contributed by atoms with van der Waals surface area (Å²) in [5.74, 6) is -1.26. The van der Waals surface area contributed by atoms with E-state index in [-0.39, 0.29) is 0 Å². The Morgan fingerprint density at radius 3 is 2.65 bits per heavy atom. The summed E-state index contributed by atoms with van der Waals surface area (Å²) in [7, 11) is 0. The molecule has 98 valence electrons. The van der Waals surface area contributed by atoms with Crippen LogP contribution in [-0.4, -0.2) is 65.1 Å². The van der Waals surface area contributed by atoms with Crippen molar-refractivity contribution in [3.8, 4) is 0 Å². The molecule has 1 saturated heterocycles. The Hall–Kier alpha value is -1.34. The summed E-state index contributed by atoms with van der Waals surface area (Å²) in [6.45, 7) is 4.26. The molecule has 1 heterocycles. The molecule has 1 unspecified atom stereocenters. The summed E-state index contributed by atoms with van der Waals surface area (Å²) >= 11 is 0. The fourth-order valence-corrected chi connectivity index (χ4v) is 1.65. The maximum atomic E-state index is 11.9. The van der Waals surface area contributed by atoms with Gasteiger partial charge in [0.2, 0.25) is 0 Å². The molecule has 17 heavy (non-hydrogen) atoms. The first-order valence-electron chi connectivity index (χ1n) is 5.38. The number of ether oxygens (including phenoxy) is 1. The lowest BCUT2D eigenvalue weighted by molar-refractivity contribution is -0.140. The van der Waals surface area contributed by atoms with Crippen LogP contribution >= 0.6 is 0 Å². The normalized spacial score (nSPS) is 20.8. The van der Waals surface area contributed by atoms with E-state index in [2.05, 4.69) is 5.32 Å². The molecule has 2 amide bonds. The number of amides is 2. The maximum Gasteiger partial charge on any atom is 0.328 e. The smallest absolute Gasteiger partial charge is 0.328 e. The van der Waals surface area contributed by atoms with Crippen LogP contribution in [0.25, 0.3) is 0 Å².